The molecule has 82 valence electrons. The monoisotopic (exact) mass is 218 g/mol. The normalized spacial score (nSPS) is 10.3. The van der Waals surface area contributed by atoms with Crippen LogP contribution >= 0.6 is 0 Å². The molecule has 1 aromatic carbocycles. The summed E-state index contributed by atoms with van der Waals surface area (Å²) in [5.41, 5.74) is 12.4. The Kier molecular flexibility index (Phi) is 2.68. The minimum atomic E-state index is -0.287. The first kappa shape index (κ1) is 10.4. The maximum Gasteiger partial charge on any atom is 0.132 e. The Labute approximate surface area is 92.1 Å². The molecule has 0 unspecified atom stereocenters. The van der Waals surface area contributed by atoms with E-state index in [1.807, 2.05) is 0 Å². The predicted octanol–water partition coefficient (Wildman–Crippen LogP) is 1.37. The standard InChI is InChI=1S/C11H11FN4/c12-9-4-2-1-3-7(9)5-8-10(13)15-6-16-11(8)14/h1-4,6H,5H2,(H4,13,14,15,16). The van der Waals surface area contributed by atoms with Crippen molar-refractivity contribution in [2.75, 3.05) is 11.5 Å². The highest BCUT2D eigenvalue weighted by atomic mass is 19.1. The summed E-state index contributed by atoms with van der Waals surface area (Å²) in [6, 6.07) is 6.47. The van der Waals surface area contributed by atoms with Crippen LogP contribution in [0.2, 0.25) is 0 Å². The third-order valence-corrected chi connectivity index (χ3v) is 2.34. The van der Waals surface area contributed by atoms with Gasteiger partial charge in [-0.1, -0.05) is 18.2 Å². The molecule has 4 nitrogen and oxygen atoms in total. The van der Waals surface area contributed by atoms with E-state index in [0.717, 1.165) is 0 Å². The van der Waals surface area contributed by atoms with Gasteiger partial charge in [-0.15, -0.1) is 0 Å². The zero-order chi connectivity index (χ0) is 11.5. The summed E-state index contributed by atoms with van der Waals surface area (Å²) in [5.74, 6) is 0.289. The molecule has 2 aromatic rings. The molecular formula is C11H11FN4. The summed E-state index contributed by atoms with van der Waals surface area (Å²) in [7, 11) is 0. The fourth-order valence-corrected chi connectivity index (χ4v) is 1.45. The molecule has 0 amide bonds. The summed E-state index contributed by atoms with van der Waals surface area (Å²) >= 11 is 0. The summed E-state index contributed by atoms with van der Waals surface area (Å²) in [4.78, 5) is 7.66. The molecule has 0 saturated heterocycles. The van der Waals surface area contributed by atoms with E-state index in [4.69, 9.17) is 11.5 Å². The molecule has 0 bridgehead atoms. The van der Waals surface area contributed by atoms with Crippen LogP contribution in [0.25, 0.3) is 0 Å². The summed E-state index contributed by atoms with van der Waals surface area (Å²) in [5, 5.41) is 0. The van der Waals surface area contributed by atoms with Crippen molar-refractivity contribution in [3.63, 3.8) is 0 Å². The summed E-state index contributed by atoms with van der Waals surface area (Å²) < 4.78 is 13.4. The minimum Gasteiger partial charge on any atom is -0.383 e. The van der Waals surface area contributed by atoms with Crippen molar-refractivity contribution in [1.29, 1.82) is 0 Å². The van der Waals surface area contributed by atoms with Crippen LogP contribution in [0.5, 0.6) is 0 Å². The van der Waals surface area contributed by atoms with Crippen molar-refractivity contribution in [1.82, 2.24) is 9.97 Å². The van der Waals surface area contributed by atoms with Crippen LogP contribution in [0.3, 0.4) is 0 Å². The highest BCUT2D eigenvalue weighted by molar-refractivity contribution is 5.54. The number of nitrogen functional groups attached to an aromatic ring is 2. The molecule has 0 saturated carbocycles. The van der Waals surface area contributed by atoms with Crippen LogP contribution in [0, 0.1) is 5.82 Å². The molecule has 0 fully saturated rings. The predicted molar refractivity (Wildman–Crippen MR) is 60.1 cm³/mol. The van der Waals surface area contributed by atoms with Crippen molar-refractivity contribution in [3.05, 3.63) is 47.5 Å². The molecule has 0 aliphatic heterocycles. The van der Waals surface area contributed by atoms with Crippen LogP contribution in [0.4, 0.5) is 16.0 Å². The highest BCUT2D eigenvalue weighted by Gasteiger charge is 2.09. The second-order valence-corrected chi connectivity index (χ2v) is 3.39. The zero-order valence-electron chi connectivity index (χ0n) is 8.52. The quantitative estimate of drug-likeness (QED) is 0.798. The van der Waals surface area contributed by atoms with Gasteiger partial charge in [-0.25, -0.2) is 14.4 Å². The first-order chi connectivity index (χ1) is 7.68. The topological polar surface area (TPSA) is 77.8 Å². The van der Waals surface area contributed by atoms with E-state index >= 15 is 0 Å². The number of hydrogen-bond donors (Lipinski definition) is 2. The first-order valence-corrected chi connectivity index (χ1v) is 4.76. The smallest absolute Gasteiger partial charge is 0.132 e. The molecule has 2 rings (SSSR count). The number of anilines is 2. The lowest BCUT2D eigenvalue weighted by atomic mass is 10.1. The molecule has 0 spiro atoms. The molecule has 0 aliphatic rings. The summed E-state index contributed by atoms with van der Waals surface area (Å²) in [6.45, 7) is 0. The first-order valence-electron chi connectivity index (χ1n) is 4.76. The van der Waals surface area contributed by atoms with Gasteiger partial charge in [-0.05, 0) is 11.6 Å². The Hall–Kier alpha value is -2.17. The molecule has 16 heavy (non-hydrogen) atoms. The zero-order valence-corrected chi connectivity index (χ0v) is 8.52. The van der Waals surface area contributed by atoms with Crippen molar-refractivity contribution < 1.29 is 4.39 Å². The number of nitrogens with two attached hydrogens (primary N) is 2. The van der Waals surface area contributed by atoms with Gasteiger partial charge in [0.25, 0.3) is 0 Å². The Bertz CT molecular complexity index is 493. The molecule has 5 heteroatoms. The van der Waals surface area contributed by atoms with Gasteiger partial charge in [0.15, 0.2) is 0 Å². The van der Waals surface area contributed by atoms with E-state index in [0.29, 0.717) is 17.5 Å². The van der Waals surface area contributed by atoms with Gasteiger partial charge in [0.1, 0.15) is 23.8 Å². The highest BCUT2D eigenvalue weighted by Crippen LogP contribution is 2.20. The number of rotatable bonds is 2. The lowest BCUT2D eigenvalue weighted by Crippen LogP contribution is -2.06. The lowest BCUT2D eigenvalue weighted by Gasteiger charge is -2.07. The second kappa shape index (κ2) is 4.14. The van der Waals surface area contributed by atoms with Crippen LogP contribution in [-0.4, -0.2) is 9.97 Å². The van der Waals surface area contributed by atoms with E-state index < -0.39 is 0 Å². The van der Waals surface area contributed by atoms with Gasteiger partial charge in [0.05, 0.1) is 0 Å². The van der Waals surface area contributed by atoms with Crippen molar-refractivity contribution in [2.24, 2.45) is 0 Å². The largest absolute Gasteiger partial charge is 0.383 e. The maximum atomic E-state index is 13.4. The van der Waals surface area contributed by atoms with E-state index in [2.05, 4.69) is 9.97 Å². The minimum absolute atomic E-state index is 0.287. The van der Waals surface area contributed by atoms with Crippen LogP contribution in [-0.2, 0) is 6.42 Å². The number of halogens is 1. The third kappa shape index (κ3) is 1.93. The van der Waals surface area contributed by atoms with E-state index in [1.165, 1.54) is 12.4 Å². The van der Waals surface area contributed by atoms with Crippen molar-refractivity contribution in [2.45, 2.75) is 6.42 Å². The SMILES string of the molecule is Nc1ncnc(N)c1Cc1ccccc1F. The van der Waals surface area contributed by atoms with Crippen LogP contribution in [0.1, 0.15) is 11.1 Å². The fourth-order valence-electron chi connectivity index (χ4n) is 1.45. The van der Waals surface area contributed by atoms with Gasteiger partial charge in [0.2, 0.25) is 0 Å². The van der Waals surface area contributed by atoms with E-state index in [-0.39, 0.29) is 17.5 Å². The van der Waals surface area contributed by atoms with E-state index in [1.54, 1.807) is 18.2 Å². The molecule has 1 aromatic heterocycles. The maximum absolute atomic E-state index is 13.4. The molecule has 1 heterocycles. The van der Waals surface area contributed by atoms with Crippen LogP contribution in [0.15, 0.2) is 30.6 Å². The Morgan fingerprint density at radius 1 is 1.06 bits per heavy atom. The number of hydrogen-bond acceptors (Lipinski definition) is 4. The van der Waals surface area contributed by atoms with Gasteiger partial charge < -0.3 is 11.5 Å². The van der Waals surface area contributed by atoms with Gasteiger partial charge in [0, 0.05) is 12.0 Å². The number of benzene rings is 1. The van der Waals surface area contributed by atoms with E-state index in [9.17, 15) is 4.39 Å². The molecule has 0 atom stereocenters. The molecule has 0 aliphatic carbocycles. The Morgan fingerprint density at radius 3 is 2.31 bits per heavy atom. The van der Waals surface area contributed by atoms with Crippen molar-refractivity contribution >= 4 is 11.6 Å². The lowest BCUT2D eigenvalue weighted by molar-refractivity contribution is 0.614. The molecular weight excluding hydrogens is 207 g/mol. The molecule has 4 N–H and O–H groups in total. The Balaban J connectivity index is 2.38. The van der Waals surface area contributed by atoms with Gasteiger partial charge >= 0.3 is 0 Å². The van der Waals surface area contributed by atoms with Crippen LogP contribution < -0.4 is 11.5 Å². The number of nitrogens with zero attached hydrogens (tertiary/aromatic N) is 2. The van der Waals surface area contributed by atoms with Gasteiger partial charge in [-0.2, -0.15) is 0 Å². The van der Waals surface area contributed by atoms with Gasteiger partial charge in [-0.3, -0.25) is 0 Å². The Morgan fingerprint density at radius 2 is 1.69 bits per heavy atom. The third-order valence-electron chi connectivity index (χ3n) is 2.34. The number of aromatic nitrogens is 2. The molecule has 0 radical (unpaired) electrons. The van der Waals surface area contributed by atoms with Crippen molar-refractivity contribution in [3.8, 4) is 0 Å². The second-order valence-electron chi connectivity index (χ2n) is 3.39. The average Bonchev–Trinajstić information content (AvgIpc) is 2.26. The average molecular weight is 218 g/mol. The summed E-state index contributed by atoms with van der Waals surface area (Å²) in [6.07, 6.45) is 1.58. The fraction of sp³-hybridized carbons (Fsp3) is 0.0909.